The molecule has 2 aromatic rings. The Labute approximate surface area is 132 Å². The molecular formula is C15H14ClN3O3. The Kier molecular flexibility index (Phi) is 4.39. The quantitative estimate of drug-likeness (QED) is 0.809. The van der Waals surface area contributed by atoms with E-state index in [2.05, 4.69) is 9.97 Å². The predicted molar refractivity (Wildman–Crippen MR) is 80.4 cm³/mol. The number of amides is 1. The van der Waals surface area contributed by atoms with Crippen molar-refractivity contribution >= 4 is 23.6 Å². The van der Waals surface area contributed by atoms with Crippen LogP contribution in [0.1, 0.15) is 12.2 Å². The Bertz CT molecular complexity index is 655. The summed E-state index contributed by atoms with van der Waals surface area (Å²) in [6, 6.07) is 3.84. The summed E-state index contributed by atoms with van der Waals surface area (Å²) in [5, 5.41) is 0.457. The van der Waals surface area contributed by atoms with Crippen LogP contribution in [-0.4, -0.2) is 40.0 Å². The summed E-state index contributed by atoms with van der Waals surface area (Å²) >= 11 is 5.72. The molecule has 0 radical (unpaired) electrons. The molecule has 0 saturated carbocycles. The van der Waals surface area contributed by atoms with Gasteiger partial charge in [0.05, 0.1) is 30.2 Å². The van der Waals surface area contributed by atoms with Crippen LogP contribution in [0.15, 0.2) is 41.3 Å². The number of nitrogens with zero attached hydrogens (tertiary/aromatic N) is 3. The van der Waals surface area contributed by atoms with Crippen LogP contribution in [0.2, 0.25) is 5.02 Å². The summed E-state index contributed by atoms with van der Waals surface area (Å²) < 4.78 is 10.8. The average molecular weight is 320 g/mol. The lowest BCUT2D eigenvalue weighted by Gasteiger charge is -2.14. The molecule has 0 unspecified atom stereocenters. The zero-order chi connectivity index (χ0) is 15.4. The Hall–Kier alpha value is -2.34. The highest BCUT2D eigenvalue weighted by atomic mass is 35.5. The molecule has 3 rings (SSSR count). The molecule has 0 aliphatic carbocycles. The molecule has 1 aliphatic rings. The third kappa shape index (κ3) is 3.65. The van der Waals surface area contributed by atoms with Gasteiger partial charge in [-0.15, -0.1) is 0 Å². The Morgan fingerprint density at radius 1 is 1.45 bits per heavy atom. The van der Waals surface area contributed by atoms with Crippen molar-refractivity contribution in [2.45, 2.75) is 12.5 Å². The van der Waals surface area contributed by atoms with Crippen molar-refractivity contribution in [3.05, 3.63) is 47.6 Å². The lowest BCUT2D eigenvalue weighted by Crippen LogP contribution is -2.29. The standard InChI is InChI=1S/C15H14ClN3O3/c16-11-8-17-15(18-9-11)22-13-5-6-19(10-13)14(20)4-3-12-2-1-7-21-12/h1-4,7-9,13H,5-6,10H2/b4-3+/t13-/m0/s1. The number of rotatable bonds is 4. The molecule has 0 aromatic carbocycles. The van der Waals surface area contributed by atoms with Crippen LogP contribution in [0.3, 0.4) is 0 Å². The largest absolute Gasteiger partial charge is 0.465 e. The van der Waals surface area contributed by atoms with E-state index < -0.39 is 0 Å². The molecule has 1 amide bonds. The Morgan fingerprint density at radius 2 is 2.27 bits per heavy atom. The molecule has 0 spiro atoms. The number of halogens is 1. The van der Waals surface area contributed by atoms with Crippen LogP contribution in [0, 0.1) is 0 Å². The SMILES string of the molecule is O=C(/C=C/c1ccco1)N1CC[C@H](Oc2ncc(Cl)cn2)C1. The van der Waals surface area contributed by atoms with Gasteiger partial charge in [0.1, 0.15) is 11.9 Å². The highest BCUT2D eigenvalue weighted by Crippen LogP contribution is 2.16. The summed E-state index contributed by atoms with van der Waals surface area (Å²) in [5.41, 5.74) is 0. The van der Waals surface area contributed by atoms with E-state index in [-0.39, 0.29) is 18.0 Å². The van der Waals surface area contributed by atoms with Crippen molar-refractivity contribution in [3.63, 3.8) is 0 Å². The molecule has 1 aliphatic heterocycles. The van der Waals surface area contributed by atoms with Crippen molar-refractivity contribution < 1.29 is 13.9 Å². The first kappa shape index (κ1) is 14.6. The van der Waals surface area contributed by atoms with Gasteiger partial charge >= 0.3 is 6.01 Å². The second-order valence-electron chi connectivity index (χ2n) is 4.85. The Morgan fingerprint density at radius 3 is 3.00 bits per heavy atom. The monoisotopic (exact) mass is 319 g/mol. The summed E-state index contributed by atoms with van der Waals surface area (Å²) in [6.45, 7) is 1.15. The molecular weight excluding hydrogens is 306 g/mol. The third-order valence-electron chi connectivity index (χ3n) is 3.26. The lowest BCUT2D eigenvalue weighted by atomic mass is 10.3. The van der Waals surface area contributed by atoms with E-state index in [1.807, 2.05) is 0 Å². The van der Waals surface area contributed by atoms with Gasteiger partial charge in [0.15, 0.2) is 0 Å². The minimum absolute atomic E-state index is 0.0699. The second-order valence-corrected chi connectivity index (χ2v) is 5.28. The zero-order valence-electron chi connectivity index (χ0n) is 11.7. The summed E-state index contributed by atoms with van der Waals surface area (Å²) in [5.74, 6) is 0.578. The van der Waals surface area contributed by atoms with Gasteiger partial charge in [-0.3, -0.25) is 4.79 Å². The molecule has 3 heterocycles. The van der Waals surface area contributed by atoms with Gasteiger partial charge in [0.2, 0.25) is 5.91 Å². The number of furan rings is 1. The van der Waals surface area contributed by atoms with Gasteiger partial charge in [0, 0.05) is 19.0 Å². The molecule has 1 fully saturated rings. The first-order valence-electron chi connectivity index (χ1n) is 6.85. The smallest absolute Gasteiger partial charge is 0.316 e. The van der Waals surface area contributed by atoms with Crippen molar-refractivity contribution in [1.82, 2.24) is 14.9 Å². The van der Waals surface area contributed by atoms with E-state index in [1.54, 1.807) is 29.4 Å². The first-order chi connectivity index (χ1) is 10.7. The molecule has 0 N–H and O–H groups in total. The van der Waals surface area contributed by atoms with Crippen LogP contribution in [0.4, 0.5) is 0 Å². The topological polar surface area (TPSA) is 68.5 Å². The lowest BCUT2D eigenvalue weighted by molar-refractivity contribution is -0.125. The van der Waals surface area contributed by atoms with E-state index in [0.29, 0.717) is 23.9 Å². The molecule has 114 valence electrons. The van der Waals surface area contributed by atoms with E-state index >= 15 is 0 Å². The van der Waals surface area contributed by atoms with Crippen molar-refractivity contribution in [2.24, 2.45) is 0 Å². The summed E-state index contributed by atoms with van der Waals surface area (Å²) in [4.78, 5) is 21.8. The van der Waals surface area contributed by atoms with Gasteiger partial charge in [-0.05, 0) is 18.2 Å². The van der Waals surface area contributed by atoms with Crippen LogP contribution >= 0.6 is 11.6 Å². The van der Waals surface area contributed by atoms with Gasteiger partial charge < -0.3 is 14.1 Å². The molecule has 0 bridgehead atoms. The maximum Gasteiger partial charge on any atom is 0.316 e. The second kappa shape index (κ2) is 6.62. The van der Waals surface area contributed by atoms with Gasteiger partial charge in [-0.25, -0.2) is 9.97 Å². The minimum Gasteiger partial charge on any atom is -0.465 e. The van der Waals surface area contributed by atoms with Crippen molar-refractivity contribution in [1.29, 1.82) is 0 Å². The maximum atomic E-state index is 12.1. The number of hydrogen-bond acceptors (Lipinski definition) is 5. The maximum absolute atomic E-state index is 12.1. The highest BCUT2D eigenvalue weighted by Gasteiger charge is 2.27. The number of carbonyl (C=O) groups is 1. The third-order valence-corrected chi connectivity index (χ3v) is 3.45. The Balaban J connectivity index is 1.53. The molecule has 6 nitrogen and oxygen atoms in total. The normalized spacial score (nSPS) is 18.0. The van der Waals surface area contributed by atoms with E-state index in [9.17, 15) is 4.79 Å². The molecule has 2 aromatic heterocycles. The number of aromatic nitrogens is 2. The molecule has 7 heteroatoms. The van der Waals surface area contributed by atoms with E-state index in [4.69, 9.17) is 20.8 Å². The average Bonchev–Trinajstić information content (AvgIpc) is 3.19. The van der Waals surface area contributed by atoms with Crippen LogP contribution < -0.4 is 4.74 Å². The number of ether oxygens (including phenoxy) is 1. The fourth-order valence-corrected chi connectivity index (χ4v) is 2.28. The molecule has 1 saturated heterocycles. The fourth-order valence-electron chi connectivity index (χ4n) is 2.18. The van der Waals surface area contributed by atoms with Gasteiger partial charge in [-0.2, -0.15) is 0 Å². The summed E-state index contributed by atoms with van der Waals surface area (Å²) in [7, 11) is 0. The fraction of sp³-hybridized carbons (Fsp3) is 0.267. The predicted octanol–water partition coefficient (Wildman–Crippen LogP) is 2.42. The summed E-state index contributed by atoms with van der Waals surface area (Å²) in [6.07, 6.45) is 8.31. The number of likely N-dealkylation sites (tertiary alicyclic amines) is 1. The molecule has 22 heavy (non-hydrogen) atoms. The zero-order valence-corrected chi connectivity index (χ0v) is 12.4. The first-order valence-corrected chi connectivity index (χ1v) is 7.23. The van der Waals surface area contributed by atoms with Gasteiger partial charge in [0.25, 0.3) is 0 Å². The van der Waals surface area contributed by atoms with Crippen LogP contribution in [0.25, 0.3) is 6.08 Å². The minimum atomic E-state index is -0.109. The van der Waals surface area contributed by atoms with Crippen molar-refractivity contribution in [2.75, 3.05) is 13.1 Å². The van der Waals surface area contributed by atoms with Gasteiger partial charge in [-0.1, -0.05) is 11.6 Å². The van der Waals surface area contributed by atoms with Crippen LogP contribution in [0.5, 0.6) is 6.01 Å². The van der Waals surface area contributed by atoms with E-state index in [0.717, 1.165) is 6.42 Å². The number of hydrogen-bond donors (Lipinski definition) is 0. The number of carbonyl (C=O) groups excluding carboxylic acids is 1. The van der Waals surface area contributed by atoms with Crippen LogP contribution in [-0.2, 0) is 4.79 Å². The molecule has 1 atom stereocenters. The highest BCUT2D eigenvalue weighted by molar-refractivity contribution is 6.30. The van der Waals surface area contributed by atoms with Crippen molar-refractivity contribution in [3.8, 4) is 6.01 Å². The van der Waals surface area contributed by atoms with E-state index in [1.165, 1.54) is 18.5 Å².